The molecule has 0 spiro atoms. The summed E-state index contributed by atoms with van der Waals surface area (Å²) in [7, 11) is 0. The maximum absolute atomic E-state index is 10.6. The summed E-state index contributed by atoms with van der Waals surface area (Å²) in [6.07, 6.45) is 20.6. The summed E-state index contributed by atoms with van der Waals surface area (Å²) in [5.74, 6) is -4.36. The SMILES string of the molecule is CCCCCCCC/C=C/C1=C(CC=C=CCC(O)(O)C(=O)O)CCC1. The van der Waals surface area contributed by atoms with Crippen LogP contribution in [0.15, 0.2) is 41.2 Å². The molecule has 146 valence electrons. The molecule has 0 saturated heterocycles. The summed E-state index contributed by atoms with van der Waals surface area (Å²) in [5, 5.41) is 27.0. The van der Waals surface area contributed by atoms with Crippen molar-refractivity contribution in [3.05, 3.63) is 41.2 Å². The number of aliphatic carboxylic acids is 1. The van der Waals surface area contributed by atoms with Crippen LogP contribution in [0.3, 0.4) is 0 Å². The van der Waals surface area contributed by atoms with Crippen molar-refractivity contribution in [1.29, 1.82) is 0 Å². The predicted octanol–water partition coefficient (Wildman–Crippen LogP) is 5.03. The number of carboxylic acid groups (broad SMARTS) is 1. The number of hydrogen-bond donors (Lipinski definition) is 3. The van der Waals surface area contributed by atoms with Gasteiger partial charge in [-0.15, -0.1) is 5.73 Å². The summed E-state index contributed by atoms with van der Waals surface area (Å²) < 4.78 is 0. The zero-order valence-corrected chi connectivity index (χ0v) is 16.0. The first kappa shape index (κ1) is 22.4. The maximum Gasteiger partial charge on any atom is 0.364 e. The van der Waals surface area contributed by atoms with Crippen molar-refractivity contribution in [2.24, 2.45) is 0 Å². The van der Waals surface area contributed by atoms with Crippen molar-refractivity contribution in [2.45, 2.75) is 89.8 Å². The highest BCUT2D eigenvalue weighted by molar-refractivity contribution is 5.75. The first-order valence-electron chi connectivity index (χ1n) is 9.92. The van der Waals surface area contributed by atoms with Crippen LogP contribution in [0.1, 0.15) is 84.0 Å². The summed E-state index contributed by atoms with van der Waals surface area (Å²) in [6.45, 7) is 2.24. The van der Waals surface area contributed by atoms with E-state index >= 15 is 0 Å². The maximum atomic E-state index is 10.6. The highest BCUT2D eigenvalue weighted by Gasteiger charge is 2.31. The van der Waals surface area contributed by atoms with E-state index in [9.17, 15) is 15.0 Å². The van der Waals surface area contributed by atoms with Gasteiger partial charge in [0, 0.05) is 6.42 Å². The molecule has 1 rings (SSSR count). The molecule has 26 heavy (non-hydrogen) atoms. The molecule has 0 amide bonds. The van der Waals surface area contributed by atoms with Gasteiger partial charge in [-0.1, -0.05) is 56.8 Å². The lowest BCUT2D eigenvalue weighted by molar-refractivity contribution is -0.201. The van der Waals surface area contributed by atoms with Crippen molar-refractivity contribution in [3.63, 3.8) is 0 Å². The smallest absolute Gasteiger partial charge is 0.364 e. The van der Waals surface area contributed by atoms with E-state index < -0.39 is 11.8 Å². The Kier molecular flexibility index (Phi) is 11.0. The molecule has 4 nitrogen and oxygen atoms in total. The summed E-state index contributed by atoms with van der Waals surface area (Å²) in [6, 6.07) is 0. The van der Waals surface area contributed by atoms with Crippen LogP contribution < -0.4 is 0 Å². The van der Waals surface area contributed by atoms with Crippen LogP contribution in [0, 0.1) is 0 Å². The fourth-order valence-corrected chi connectivity index (χ4v) is 3.09. The summed E-state index contributed by atoms with van der Waals surface area (Å²) in [4.78, 5) is 10.6. The summed E-state index contributed by atoms with van der Waals surface area (Å²) in [5.41, 5.74) is 5.67. The first-order valence-corrected chi connectivity index (χ1v) is 9.92. The third kappa shape index (κ3) is 9.19. The molecule has 0 radical (unpaired) electrons. The third-order valence-electron chi connectivity index (χ3n) is 4.74. The number of aliphatic hydroxyl groups is 2. The van der Waals surface area contributed by atoms with Crippen molar-refractivity contribution in [2.75, 3.05) is 0 Å². The van der Waals surface area contributed by atoms with Crippen LogP contribution >= 0.6 is 0 Å². The van der Waals surface area contributed by atoms with Gasteiger partial charge in [0.2, 0.25) is 0 Å². The number of carboxylic acids is 1. The summed E-state index contributed by atoms with van der Waals surface area (Å²) >= 11 is 0. The van der Waals surface area contributed by atoms with Crippen molar-refractivity contribution in [3.8, 4) is 0 Å². The Morgan fingerprint density at radius 3 is 2.58 bits per heavy atom. The van der Waals surface area contributed by atoms with E-state index in [1.54, 1.807) is 0 Å². The van der Waals surface area contributed by atoms with Gasteiger partial charge in [-0.3, -0.25) is 0 Å². The topological polar surface area (TPSA) is 77.8 Å². The van der Waals surface area contributed by atoms with Gasteiger partial charge in [0.25, 0.3) is 5.79 Å². The van der Waals surface area contributed by atoms with E-state index in [1.165, 1.54) is 62.2 Å². The lowest BCUT2D eigenvalue weighted by Gasteiger charge is -2.12. The average molecular weight is 363 g/mol. The molecule has 0 heterocycles. The Hall–Kier alpha value is -1.61. The van der Waals surface area contributed by atoms with Crippen LogP contribution in [-0.2, 0) is 4.79 Å². The lowest BCUT2D eigenvalue weighted by atomic mass is 10.1. The Morgan fingerprint density at radius 1 is 1.12 bits per heavy atom. The molecule has 0 aromatic carbocycles. The average Bonchev–Trinajstić information content (AvgIpc) is 3.04. The van der Waals surface area contributed by atoms with E-state index in [0.29, 0.717) is 0 Å². The van der Waals surface area contributed by atoms with Gasteiger partial charge in [0.15, 0.2) is 0 Å². The molecule has 1 aliphatic carbocycles. The molecule has 0 atom stereocenters. The molecular weight excluding hydrogens is 328 g/mol. The van der Waals surface area contributed by atoms with Crippen LogP contribution in [0.2, 0.25) is 0 Å². The van der Waals surface area contributed by atoms with E-state index in [2.05, 4.69) is 24.8 Å². The Balaban J connectivity index is 2.36. The number of allylic oxidation sites excluding steroid dienone is 4. The van der Waals surface area contributed by atoms with Crippen LogP contribution in [0.5, 0.6) is 0 Å². The fourth-order valence-electron chi connectivity index (χ4n) is 3.09. The van der Waals surface area contributed by atoms with E-state index in [1.807, 2.05) is 6.08 Å². The molecule has 0 fully saturated rings. The molecular formula is C22H34O4. The van der Waals surface area contributed by atoms with Gasteiger partial charge in [-0.25, -0.2) is 4.79 Å². The molecule has 0 aromatic heterocycles. The quantitative estimate of drug-likeness (QED) is 0.244. The normalized spacial score (nSPS) is 14.7. The minimum Gasteiger partial charge on any atom is -0.477 e. The molecule has 3 N–H and O–H groups in total. The fraction of sp³-hybridized carbons (Fsp3) is 0.636. The Labute approximate surface area is 157 Å². The Morgan fingerprint density at radius 2 is 1.85 bits per heavy atom. The lowest BCUT2D eigenvalue weighted by Crippen LogP contribution is -2.37. The molecule has 1 aliphatic rings. The molecule has 0 bridgehead atoms. The van der Waals surface area contributed by atoms with E-state index in [-0.39, 0.29) is 6.42 Å². The minimum absolute atomic E-state index is 0.372. The molecule has 0 unspecified atom stereocenters. The largest absolute Gasteiger partial charge is 0.477 e. The van der Waals surface area contributed by atoms with Crippen LogP contribution in [0.4, 0.5) is 0 Å². The molecule has 4 heteroatoms. The minimum atomic E-state index is -2.71. The number of carbonyl (C=O) groups is 1. The standard InChI is InChI=1S/C22H34O4/c1-2-3-4-5-6-7-8-10-14-19-16-13-17-20(19)15-11-9-12-18-22(25,26)21(23)24/h10-12,14,25-26H,2-8,13,15-18H2,1H3,(H,23,24)/b14-10+. The second-order valence-electron chi connectivity index (χ2n) is 7.05. The van der Waals surface area contributed by atoms with Crippen LogP contribution in [-0.4, -0.2) is 27.1 Å². The third-order valence-corrected chi connectivity index (χ3v) is 4.74. The zero-order valence-electron chi connectivity index (χ0n) is 16.0. The highest BCUT2D eigenvalue weighted by Crippen LogP contribution is 2.29. The monoisotopic (exact) mass is 362 g/mol. The first-order chi connectivity index (χ1) is 12.5. The van der Waals surface area contributed by atoms with Gasteiger partial charge in [0.05, 0.1) is 0 Å². The van der Waals surface area contributed by atoms with E-state index in [4.69, 9.17) is 5.11 Å². The van der Waals surface area contributed by atoms with Crippen molar-refractivity contribution in [1.82, 2.24) is 0 Å². The molecule has 0 aromatic rings. The van der Waals surface area contributed by atoms with E-state index in [0.717, 1.165) is 25.7 Å². The Bertz CT molecular complexity index is 548. The zero-order chi connectivity index (χ0) is 19.3. The van der Waals surface area contributed by atoms with Crippen molar-refractivity contribution >= 4 is 5.97 Å². The second kappa shape index (κ2) is 12.7. The van der Waals surface area contributed by atoms with Gasteiger partial charge in [-0.05, 0) is 56.3 Å². The molecule has 0 aliphatic heterocycles. The van der Waals surface area contributed by atoms with Gasteiger partial charge < -0.3 is 15.3 Å². The van der Waals surface area contributed by atoms with Gasteiger partial charge >= 0.3 is 5.97 Å². The van der Waals surface area contributed by atoms with Crippen molar-refractivity contribution < 1.29 is 20.1 Å². The second-order valence-corrected chi connectivity index (χ2v) is 7.05. The number of rotatable bonds is 13. The van der Waals surface area contributed by atoms with Gasteiger partial charge in [-0.2, -0.15) is 0 Å². The molecule has 0 saturated carbocycles. The highest BCUT2D eigenvalue weighted by atomic mass is 16.5. The predicted molar refractivity (Wildman–Crippen MR) is 105 cm³/mol. The number of unbranched alkanes of at least 4 members (excludes halogenated alkanes) is 6. The van der Waals surface area contributed by atoms with Gasteiger partial charge in [0.1, 0.15) is 0 Å². The number of hydrogen-bond acceptors (Lipinski definition) is 3. The van der Waals surface area contributed by atoms with Crippen LogP contribution in [0.25, 0.3) is 0 Å².